The molecule has 1 aromatic heterocycles. The van der Waals surface area contributed by atoms with Crippen molar-refractivity contribution in [1.82, 2.24) is 24.1 Å². The van der Waals surface area contributed by atoms with Crippen molar-refractivity contribution in [3.63, 3.8) is 0 Å². The highest BCUT2D eigenvalue weighted by molar-refractivity contribution is 7.88. The first-order valence-electron chi connectivity index (χ1n) is 15.6. The van der Waals surface area contributed by atoms with Crippen LogP contribution in [0.25, 0.3) is 0 Å². The average molecular weight is 598 g/mol. The number of carbonyl (C=O) groups excluding carboxylic acids is 1. The van der Waals surface area contributed by atoms with Crippen LogP contribution in [0.2, 0.25) is 0 Å². The van der Waals surface area contributed by atoms with E-state index in [1.807, 2.05) is 11.8 Å². The van der Waals surface area contributed by atoms with Gasteiger partial charge in [-0.25, -0.2) is 22.7 Å². The first-order chi connectivity index (χ1) is 20.1. The van der Waals surface area contributed by atoms with Gasteiger partial charge in [0.1, 0.15) is 12.0 Å². The summed E-state index contributed by atoms with van der Waals surface area (Å²) < 4.78 is 31.8. The number of likely N-dealkylation sites (tertiary alicyclic amines) is 2. The molecular formula is C32H47N5O4S. The lowest BCUT2D eigenvalue weighted by atomic mass is 9.95. The van der Waals surface area contributed by atoms with E-state index in [1.54, 1.807) is 7.05 Å². The third kappa shape index (κ3) is 7.38. The summed E-state index contributed by atoms with van der Waals surface area (Å²) in [5, 5.41) is 0. The highest BCUT2D eigenvalue weighted by atomic mass is 32.2. The van der Waals surface area contributed by atoms with Crippen molar-refractivity contribution in [2.24, 2.45) is 0 Å². The Balaban J connectivity index is 1.11. The number of piperidine rings is 2. The van der Waals surface area contributed by atoms with Gasteiger partial charge in [-0.15, -0.1) is 0 Å². The molecule has 4 heterocycles. The van der Waals surface area contributed by atoms with Gasteiger partial charge in [0.15, 0.2) is 0 Å². The van der Waals surface area contributed by atoms with Gasteiger partial charge in [-0.3, -0.25) is 4.79 Å². The van der Waals surface area contributed by atoms with Crippen molar-refractivity contribution in [2.45, 2.75) is 95.9 Å². The minimum atomic E-state index is -3.16. The fourth-order valence-corrected chi connectivity index (χ4v) is 7.61. The third-order valence-corrected chi connectivity index (χ3v) is 11.0. The van der Waals surface area contributed by atoms with E-state index < -0.39 is 10.0 Å². The Morgan fingerprint density at radius 3 is 2.33 bits per heavy atom. The number of aryl methyl sites for hydroxylation is 2. The Bertz CT molecular complexity index is 1320. The normalized spacial score (nSPS) is 23.4. The summed E-state index contributed by atoms with van der Waals surface area (Å²) in [6.07, 6.45) is 11.6. The summed E-state index contributed by atoms with van der Waals surface area (Å²) in [6, 6.07) is 9.17. The zero-order valence-electron chi connectivity index (χ0n) is 25.7. The smallest absolute Gasteiger partial charge is 0.272 e. The van der Waals surface area contributed by atoms with Gasteiger partial charge in [-0.05, 0) is 90.3 Å². The Kier molecular flexibility index (Phi) is 9.97. The molecule has 3 saturated heterocycles. The maximum atomic E-state index is 13.5. The van der Waals surface area contributed by atoms with E-state index >= 15 is 0 Å². The van der Waals surface area contributed by atoms with Gasteiger partial charge < -0.3 is 14.5 Å². The number of hydrogen-bond acceptors (Lipinski definition) is 7. The molecule has 0 spiro atoms. The number of nitrogens with zero attached hydrogens (tertiary/aromatic N) is 5. The van der Waals surface area contributed by atoms with E-state index in [1.165, 1.54) is 28.0 Å². The SMILES string of the molecule is Cc1ccc([C@@H]2CCC[C@H](CCc3ncnc(C(=O)N4CCC(N5CCC(N(C)S(C)(=O)=O)CC5)CC4)c3C)O2)cc1. The summed E-state index contributed by atoms with van der Waals surface area (Å²) in [4.78, 5) is 26.9. The minimum absolute atomic E-state index is 0.00330. The number of hydrogen-bond donors (Lipinski definition) is 0. The highest BCUT2D eigenvalue weighted by Gasteiger charge is 2.33. The monoisotopic (exact) mass is 597 g/mol. The molecule has 2 atom stereocenters. The van der Waals surface area contributed by atoms with Crippen molar-refractivity contribution < 1.29 is 17.9 Å². The maximum absolute atomic E-state index is 13.5. The number of rotatable bonds is 8. The van der Waals surface area contributed by atoms with Gasteiger partial charge >= 0.3 is 0 Å². The van der Waals surface area contributed by atoms with E-state index in [0.717, 1.165) is 82.1 Å². The largest absolute Gasteiger partial charge is 0.370 e. The zero-order chi connectivity index (χ0) is 29.9. The lowest BCUT2D eigenvalue weighted by Gasteiger charge is -2.43. The van der Waals surface area contributed by atoms with Crippen LogP contribution in [0.15, 0.2) is 30.6 Å². The van der Waals surface area contributed by atoms with E-state index in [-0.39, 0.29) is 24.2 Å². The second-order valence-corrected chi connectivity index (χ2v) is 14.5. The number of amides is 1. The van der Waals surface area contributed by atoms with Crippen LogP contribution >= 0.6 is 0 Å². The molecule has 9 nitrogen and oxygen atoms in total. The lowest BCUT2D eigenvalue weighted by molar-refractivity contribution is -0.0547. The number of benzene rings is 1. The molecule has 10 heteroatoms. The van der Waals surface area contributed by atoms with Crippen LogP contribution in [0, 0.1) is 13.8 Å². The highest BCUT2D eigenvalue weighted by Crippen LogP contribution is 2.33. The predicted octanol–water partition coefficient (Wildman–Crippen LogP) is 4.30. The first-order valence-corrected chi connectivity index (χ1v) is 17.4. The van der Waals surface area contributed by atoms with E-state index in [4.69, 9.17) is 4.74 Å². The molecule has 3 aliphatic rings. The van der Waals surface area contributed by atoms with Gasteiger partial charge in [-0.1, -0.05) is 29.8 Å². The predicted molar refractivity (Wildman–Crippen MR) is 164 cm³/mol. The quantitative estimate of drug-likeness (QED) is 0.448. The van der Waals surface area contributed by atoms with Crippen molar-refractivity contribution >= 4 is 15.9 Å². The molecule has 0 bridgehead atoms. The van der Waals surface area contributed by atoms with E-state index in [0.29, 0.717) is 24.8 Å². The van der Waals surface area contributed by atoms with Crippen LogP contribution < -0.4 is 0 Å². The van der Waals surface area contributed by atoms with Crippen LogP contribution in [0.5, 0.6) is 0 Å². The van der Waals surface area contributed by atoms with Gasteiger partial charge in [0, 0.05) is 43.5 Å². The summed E-state index contributed by atoms with van der Waals surface area (Å²) in [5.74, 6) is -0.00330. The van der Waals surface area contributed by atoms with Gasteiger partial charge in [0.2, 0.25) is 10.0 Å². The number of ether oxygens (including phenoxy) is 1. The van der Waals surface area contributed by atoms with Crippen molar-refractivity contribution in [3.8, 4) is 0 Å². The summed E-state index contributed by atoms with van der Waals surface area (Å²) in [7, 11) is -1.48. The fourth-order valence-electron chi connectivity index (χ4n) is 6.86. The van der Waals surface area contributed by atoms with E-state index in [2.05, 4.69) is 46.1 Å². The Hall–Kier alpha value is -2.40. The zero-order valence-corrected chi connectivity index (χ0v) is 26.5. The Morgan fingerprint density at radius 2 is 1.67 bits per heavy atom. The Morgan fingerprint density at radius 1 is 0.976 bits per heavy atom. The molecule has 5 rings (SSSR count). The summed E-state index contributed by atoms with van der Waals surface area (Å²) in [5.41, 5.74) is 4.85. The first kappa shape index (κ1) is 31.0. The molecule has 1 amide bonds. The standard InChI is InChI=1S/C32H47N5O4S/c1-23-8-10-25(11-9-23)30-7-5-6-28(41-30)12-13-29-24(2)31(34-22-33-29)32(38)37-20-16-27(17-21-37)36-18-14-26(15-19-36)35(3)42(4,39)40/h8-11,22,26-28,30H,5-7,12-21H2,1-4H3/t28-,30+/m1/s1. The average Bonchev–Trinajstić information content (AvgIpc) is 3.00. The molecule has 0 N–H and O–H groups in total. The van der Waals surface area contributed by atoms with Gasteiger partial charge in [0.25, 0.3) is 5.91 Å². The number of aromatic nitrogens is 2. The van der Waals surface area contributed by atoms with Crippen molar-refractivity contribution in [2.75, 3.05) is 39.5 Å². The molecule has 3 fully saturated rings. The summed E-state index contributed by atoms with van der Waals surface area (Å²) >= 11 is 0. The van der Waals surface area contributed by atoms with Crippen LogP contribution in [0.4, 0.5) is 0 Å². The molecular weight excluding hydrogens is 550 g/mol. The fraction of sp³-hybridized carbons (Fsp3) is 0.656. The van der Waals surface area contributed by atoms with Gasteiger partial charge in [0.05, 0.1) is 18.5 Å². The second-order valence-electron chi connectivity index (χ2n) is 12.5. The molecule has 0 unspecified atom stereocenters. The maximum Gasteiger partial charge on any atom is 0.272 e. The Labute approximate surface area is 251 Å². The van der Waals surface area contributed by atoms with Crippen molar-refractivity contribution in [3.05, 3.63) is 58.7 Å². The molecule has 42 heavy (non-hydrogen) atoms. The summed E-state index contributed by atoms with van der Waals surface area (Å²) in [6.45, 7) is 7.30. The molecule has 1 aromatic carbocycles. The molecule has 2 aromatic rings. The van der Waals surface area contributed by atoms with E-state index in [9.17, 15) is 13.2 Å². The molecule has 3 aliphatic heterocycles. The topological polar surface area (TPSA) is 95.9 Å². The molecule has 0 saturated carbocycles. The number of carbonyl (C=O) groups is 1. The molecule has 230 valence electrons. The minimum Gasteiger partial charge on any atom is -0.370 e. The molecule has 0 aliphatic carbocycles. The van der Waals surface area contributed by atoms with Crippen LogP contribution in [0.3, 0.4) is 0 Å². The lowest BCUT2D eigenvalue weighted by Crippen LogP contribution is -2.52. The van der Waals surface area contributed by atoms with Gasteiger partial charge in [-0.2, -0.15) is 0 Å². The van der Waals surface area contributed by atoms with Crippen molar-refractivity contribution in [1.29, 1.82) is 0 Å². The van der Waals surface area contributed by atoms with Crippen LogP contribution in [-0.2, 0) is 21.2 Å². The van der Waals surface area contributed by atoms with Crippen LogP contribution in [-0.4, -0.2) is 96.1 Å². The number of sulfonamides is 1. The van der Waals surface area contributed by atoms with Crippen LogP contribution in [0.1, 0.15) is 90.3 Å². The third-order valence-electron chi connectivity index (χ3n) is 9.70. The molecule has 0 radical (unpaired) electrons. The second kappa shape index (κ2) is 13.5.